The fourth-order valence-corrected chi connectivity index (χ4v) is 9.97. The second kappa shape index (κ2) is 15.0. The van der Waals surface area contributed by atoms with E-state index in [0.29, 0.717) is 0 Å². The van der Waals surface area contributed by atoms with E-state index >= 15 is 0 Å². The number of hydrogen-bond donors (Lipinski definition) is 0. The quantitative estimate of drug-likeness (QED) is 0.160. The maximum atomic E-state index is 6.82. The molecule has 0 atom stereocenters. The molecule has 0 saturated carbocycles. The van der Waals surface area contributed by atoms with Crippen LogP contribution in [-0.4, -0.2) is 0 Å². The molecular formula is C62H39NO2. The summed E-state index contributed by atoms with van der Waals surface area (Å²) in [5.74, 6) is 0. The number of nitrogens with zero attached hydrogens (tertiary/aromatic N) is 1. The van der Waals surface area contributed by atoms with Gasteiger partial charge in [0.15, 0.2) is 0 Å². The van der Waals surface area contributed by atoms with Crippen molar-refractivity contribution in [2.45, 2.75) is 0 Å². The molecule has 11 aromatic carbocycles. The zero-order chi connectivity index (χ0) is 42.8. The van der Waals surface area contributed by atoms with Crippen LogP contribution in [0.4, 0.5) is 17.1 Å². The molecule has 3 heteroatoms. The van der Waals surface area contributed by atoms with Gasteiger partial charge in [-0.15, -0.1) is 0 Å². The number of fused-ring (bicyclic) bond motifs is 8. The van der Waals surface area contributed by atoms with Crippen molar-refractivity contribution >= 4 is 82.5 Å². The molecule has 3 nitrogen and oxygen atoms in total. The van der Waals surface area contributed by atoms with E-state index < -0.39 is 0 Å². The van der Waals surface area contributed by atoms with Gasteiger partial charge in [0, 0.05) is 44.0 Å². The largest absolute Gasteiger partial charge is 0.456 e. The van der Waals surface area contributed by atoms with Crippen molar-refractivity contribution in [3.8, 4) is 44.5 Å². The molecule has 0 amide bonds. The van der Waals surface area contributed by atoms with E-state index in [0.717, 1.165) is 94.1 Å². The summed E-state index contributed by atoms with van der Waals surface area (Å²) >= 11 is 0. The van der Waals surface area contributed by atoms with Gasteiger partial charge in [-0.1, -0.05) is 176 Å². The van der Waals surface area contributed by atoms with Gasteiger partial charge >= 0.3 is 0 Å². The zero-order valence-electron chi connectivity index (χ0n) is 35.3. The minimum atomic E-state index is 0.877. The molecule has 304 valence electrons. The van der Waals surface area contributed by atoms with Gasteiger partial charge < -0.3 is 13.7 Å². The molecule has 0 aliphatic carbocycles. The van der Waals surface area contributed by atoms with E-state index in [1.165, 1.54) is 32.8 Å². The van der Waals surface area contributed by atoms with Gasteiger partial charge in [-0.25, -0.2) is 0 Å². The number of furan rings is 2. The van der Waals surface area contributed by atoms with Crippen LogP contribution < -0.4 is 4.90 Å². The van der Waals surface area contributed by atoms with Crippen molar-refractivity contribution in [1.29, 1.82) is 0 Å². The van der Waals surface area contributed by atoms with Crippen LogP contribution in [0.2, 0.25) is 0 Å². The Morgan fingerprint density at radius 3 is 1.69 bits per heavy atom. The van der Waals surface area contributed by atoms with E-state index in [-0.39, 0.29) is 0 Å². The normalized spacial score (nSPS) is 11.7. The van der Waals surface area contributed by atoms with Crippen molar-refractivity contribution in [1.82, 2.24) is 0 Å². The first-order valence-corrected chi connectivity index (χ1v) is 22.1. The third-order valence-electron chi connectivity index (χ3n) is 13.1. The molecule has 0 unspecified atom stereocenters. The van der Waals surface area contributed by atoms with E-state index in [1.807, 2.05) is 12.1 Å². The summed E-state index contributed by atoms with van der Waals surface area (Å²) < 4.78 is 13.1. The highest BCUT2D eigenvalue weighted by molar-refractivity contribution is 6.15. The Balaban J connectivity index is 0.952. The fourth-order valence-electron chi connectivity index (χ4n) is 9.97. The van der Waals surface area contributed by atoms with Crippen molar-refractivity contribution < 1.29 is 8.83 Å². The topological polar surface area (TPSA) is 29.5 Å². The second-order valence-electron chi connectivity index (χ2n) is 16.8. The van der Waals surface area contributed by atoms with Crippen LogP contribution >= 0.6 is 0 Å². The van der Waals surface area contributed by atoms with Crippen LogP contribution in [0.15, 0.2) is 245 Å². The molecule has 0 spiro atoms. The Bertz CT molecular complexity index is 3940. The van der Waals surface area contributed by atoms with Crippen LogP contribution in [0.25, 0.3) is 110 Å². The summed E-state index contributed by atoms with van der Waals surface area (Å²) in [4.78, 5) is 2.37. The zero-order valence-corrected chi connectivity index (χ0v) is 35.3. The number of benzene rings is 11. The third-order valence-corrected chi connectivity index (χ3v) is 13.1. The van der Waals surface area contributed by atoms with E-state index in [2.05, 4.69) is 229 Å². The summed E-state index contributed by atoms with van der Waals surface area (Å²) in [6, 6.07) is 84.7. The lowest BCUT2D eigenvalue weighted by molar-refractivity contribution is 0.669. The first-order chi connectivity index (χ1) is 32.2. The summed E-state index contributed by atoms with van der Waals surface area (Å²) in [6.07, 6.45) is 0. The molecule has 0 aliphatic heterocycles. The van der Waals surface area contributed by atoms with Gasteiger partial charge in [-0.2, -0.15) is 0 Å². The minimum Gasteiger partial charge on any atom is -0.456 e. The van der Waals surface area contributed by atoms with Gasteiger partial charge in [0.05, 0.1) is 5.69 Å². The summed E-state index contributed by atoms with van der Waals surface area (Å²) in [7, 11) is 0. The molecule has 2 aromatic heterocycles. The average molecular weight is 830 g/mol. The van der Waals surface area contributed by atoms with Crippen LogP contribution in [0.3, 0.4) is 0 Å². The molecule has 0 aliphatic rings. The molecule has 0 saturated heterocycles. The Morgan fingerprint density at radius 2 is 0.846 bits per heavy atom. The molecule has 2 heterocycles. The fraction of sp³-hybridized carbons (Fsp3) is 0. The maximum Gasteiger partial charge on any atom is 0.143 e. The summed E-state index contributed by atoms with van der Waals surface area (Å²) in [6.45, 7) is 0. The van der Waals surface area contributed by atoms with Gasteiger partial charge in [0.1, 0.15) is 22.3 Å². The highest BCUT2D eigenvalue weighted by Crippen LogP contribution is 2.46. The lowest BCUT2D eigenvalue weighted by Crippen LogP contribution is -2.11. The molecule has 0 fully saturated rings. The highest BCUT2D eigenvalue weighted by atomic mass is 16.3. The Labute approximate surface area is 375 Å². The Morgan fingerprint density at radius 1 is 0.277 bits per heavy atom. The Kier molecular flexibility index (Phi) is 8.53. The SMILES string of the molecule is c1cc(-c2ccc(N(c3ccc(-c4cccc5oc6ccccc6c45)cc3)c3ccccc3-c3cccc4c3oc3cc5ccccc5cc34)cc2)cc(-c2cccc3ccccc23)c1. The van der Waals surface area contributed by atoms with Gasteiger partial charge in [-0.3, -0.25) is 0 Å². The molecule has 13 aromatic rings. The summed E-state index contributed by atoms with van der Waals surface area (Å²) in [5.41, 5.74) is 15.8. The van der Waals surface area contributed by atoms with Crippen LogP contribution in [0, 0.1) is 0 Å². The first-order valence-electron chi connectivity index (χ1n) is 22.1. The van der Waals surface area contributed by atoms with Crippen LogP contribution in [-0.2, 0) is 0 Å². The van der Waals surface area contributed by atoms with Gasteiger partial charge in [-0.05, 0) is 116 Å². The predicted octanol–water partition coefficient (Wildman–Crippen LogP) is 17.9. The van der Waals surface area contributed by atoms with Crippen molar-refractivity contribution in [2.24, 2.45) is 0 Å². The van der Waals surface area contributed by atoms with E-state index in [1.54, 1.807) is 0 Å². The lowest BCUT2D eigenvalue weighted by Gasteiger charge is -2.28. The number of hydrogen-bond acceptors (Lipinski definition) is 3. The monoisotopic (exact) mass is 829 g/mol. The lowest BCUT2D eigenvalue weighted by atomic mass is 9.95. The average Bonchev–Trinajstić information content (AvgIpc) is 3.94. The first kappa shape index (κ1) is 36.9. The van der Waals surface area contributed by atoms with Crippen molar-refractivity contribution in [3.63, 3.8) is 0 Å². The second-order valence-corrected chi connectivity index (χ2v) is 16.8. The number of rotatable bonds is 7. The highest BCUT2D eigenvalue weighted by Gasteiger charge is 2.21. The van der Waals surface area contributed by atoms with Gasteiger partial charge in [0.25, 0.3) is 0 Å². The van der Waals surface area contributed by atoms with Gasteiger partial charge in [0.2, 0.25) is 0 Å². The molecule has 65 heavy (non-hydrogen) atoms. The third kappa shape index (κ3) is 6.20. The van der Waals surface area contributed by atoms with Crippen LogP contribution in [0.1, 0.15) is 0 Å². The van der Waals surface area contributed by atoms with E-state index in [9.17, 15) is 0 Å². The van der Waals surface area contributed by atoms with Crippen molar-refractivity contribution in [3.05, 3.63) is 237 Å². The molecular weight excluding hydrogens is 791 g/mol. The molecule has 0 radical (unpaired) electrons. The molecule has 13 rings (SSSR count). The predicted molar refractivity (Wildman–Crippen MR) is 272 cm³/mol. The van der Waals surface area contributed by atoms with E-state index in [4.69, 9.17) is 8.83 Å². The molecule has 0 bridgehead atoms. The molecule has 0 N–H and O–H groups in total. The number of para-hydroxylation sites is 3. The summed E-state index contributed by atoms with van der Waals surface area (Å²) in [5, 5.41) is 9.32. The minimum absolute atomic E-state index is 0.877. The van der Waals surface area contributed by atoms with Crippen LogP contribution in [0.5, 0.6) is 0 Å². The standard InChI is InChI=1S/C62H39NO2/c1-2-15-45-39-60-56(38-44(45)14-1)54-25-11-24-53(62(54)65-60)52-20-5-7-26-57(52)63(48-35-31-42(32-36-48)51-23-12-28-59-61(51)55-21-6-8-27-58(55)64-59)47-33-29-40(30-34-47)43-17-9-18-46(37-43)50-22-10-16-41-13-3-4-19-49(41)50/h1-39H. The maximum absolute atomic E-state index is 6.82. The smallest absolute Gasteiger partial charge is 0.143 e. The van der Waals surface area contributed by atoms with Crippen molar-refractivity contribution in [2.75, 3.05) is 4.90 Å². The number of anilines is 3. The Hall–Kier alpha value is -8.66.